The average molecular weight is 329 g/mol. The van der Waals surface area contributed by atoms with Crippen LogP contribution in [0.1, 0.15) is 26.3 Å². The number of amides is 1. The van der Waals surface area contributed by atoms with Gasteiger partial charge in [-0.15, -0.1) is 11.8 Å². The van der Waals surface area contributed by atoms with Crippen molar-refractivity contribution < 1.29 is 9.53 Å². The Morgan fingerprint density at radius 3 is 2.43 bits per heavy atom. The van der Waals surface area contributed by atoms with Crippen molar-refractivity contribution in [2.75, 3.05) is 18.2 Å². The summed E-state index contributed by atoms with van der Waals surface area (Å²) in [5.41, 5.74) is 1.90. The lowest BCUT2D eigenvalue weighted by Crippen LogP contribution is -2.16. The molecule has 0 saturated heterocycles. The van der Waals surface area contributed by atoms with E-state index in [0.717, 1.165) is 16.1 Å². The fourth-order valence-electron chi connectivity index (χ4n) is 2.12. The minimum Gasteiger partial charge on any atom is -0.495 e. The summed E-state index contributed by atoms with van der Waals surface area (Å²) >= 11 is 1.52. The molecule has 0 aliphatic rings. The minimum absolute atomic E-state index is 0.0184. The first-order chi connectivity index (χ1) is 10.9. The molecule has 0 spiro atoms. The SMILES string of the molecule is COc1ccc(C(C)(C)C)cc1NC(=O)CSc1ccccc1. The highest BCUT2D eigenvalue weighted by atomic mass is 32.2. The van der Waals surface area contributed by atoms with Gasteiger partial charge in [-0.25, -0.2) is 0 Å². The highest BCUT2D eigenvalue weighted by Crippen LogP contribution is 2.31. The van der Waals surface area contributed by atoms with Crippen molar-refractivity contribution in [1.29, 1.82) is 0 Å². The van der Waals surface area contributed by atoms with Crippen LogP contribution in [0, 0.1) is 0 Å². The molecule has 0 unspecified atom stereocenters. The lowest BCUT2D eigenvalue weighted by Gasteiger charge is -2.21. The van der Waals surface area contributed by atoms with Crippen molar-refractivity contribution in [3.63, 3.8) is 0 Å². The Morgan fingerprint density at radius 2 is 1.83 bits per heavy atom. The summed E-state index contributed by atoms with van der Waals surface area (Å²) in [6.45, 7) is 6.43. The van der Waals surface area contributed by atoms with Crippen LogP contribution >= 0.6 is 11.8 Å². The van der Waals surface area contributed by atoms with E-state index in [0.29, 0.717) is 11.5 Å². The van der Waals surface area contributed by atoms with E-state index in [1.54, 1.807) is 7.11 Å². The molecular formula is C19H23NO2S. The van der Waals surface area contributed by atoms with E-state index in [4.69, 9.17) is 4.74 Å². The number of anilines is 1. The van der Waals surface area contributed by atoms with E-state index in [2.05, 4.69) is 26.1 Å². The molecule has 0 bridgehead atoms. The second-order valence-electron chi connectivity index (χ2n) is 6.31. The topological polar surface area (TPSA) is 38.3 Å². The maximum atomic E-state index is 12.2. The molecule has 0 saturated carbocycles. The standard InChI is InChI=1S/C19H23NO2S/c1-19(2,3)14-10-11-17(22-4)16(12-14)20-18(21)13-23-15-8-6-5-7-9-15/h5-12H,13H2,1-4H3,(H,20,21). The van der Waals surface area contributed by atoms with Crippen molar-refractivity contribution in [2.45, 2.75) is 31.1 Å². The molecular weight excluding hydrogens is 306 g/mol. The molecule has 3 nitrogen and oxygen atoms in total. The summed E-state index contributed by atoms with van der Waals surface area (Å²) in [6.07, 6.45) is 0. The molecule has 0 radical (unpaired) electrons. The van der Waals surface area contributed by atoms with Crippen molar-refractivity contribution in [1.82, 2.24) is 0 Å². The summed E-state index contributed by atoms with van der Waals surface area (Å²) in [6, 6.07) is 15.8. The number of rotatable bonds is 5. The van der Waals surface area contributed by atoms with Gasteiger partial charge in [-0.1, -0.05) is 45.0 Å². The predicted molar refractivity (Wildman–Crippen MR) is 97.5 cm³/mol. The monoisotopic (exact) mass is 329 g/mol. The van der Waals surface area contributed by atoms with Crippen LogP contribution in [0.4, 0.5) is 5.69 Å². The number of methoxy groups -OCH3 is 1. The molecule has 0 aliphatic heterocycles. The van der Waals surface area contributed by atoms with Crippen LogP contribution in [0.3, 0.4) is 0 Å². The van der Waals surface area contributed by atoms with Gasteiger partial charge in [0.2, 0.25) is 5.91 Å². The summed E-state index contributed by atoms with van der Waals surface area (Å²) in [5, 5.41) is 2.96. The lowest BCUT2D eigenvalue weighted by atomic mass is 9.87. The number of benzene rings is 2. The number of carbonyl (C=O) groups is 1. The zero-order valence-electron chi connectivity index (χ0n) is 14.1. The molecule has 2 aromatic carbocycles. The quantitative estimate of drug-likeness (QED) is 0.806. The Hall–Kier alpha value is -1.94. The fraction of sp³-hybridized carbons (Fsp3) is 0.316. The number of nitrogens with one attached hydrogen (secondary N) is 1. The largest absolute Gasteiger partial charge is 0.495 e. The van der Waals surface area contributed by atoms with E-state index in [9.17, 15) is 4.79 Å². The molecule has 0 heterocycles. The summed E-state index contributed by atoms with van der Waals surface area (Å²) in [7, 11) is 1.61. The van der Waals surface area contributed by atoms with Gasteiger partial charge in [0.1, 0.15) is 5.75 Å². The Morgan fingerprint density at radius 1 is 1.13 bits per heavy atom. The molecule has 1 N–H and O–H groups in total. The third-order valence-electron chi connectivity index (χ3n) is 3.45. The van der Waals surface area contributed by atoms with Gasteiger partial charge in [0, 0.05) is 4.90 Å². The van der Waals surface area contributed by atoms with Crippen LogP contribution in [-0.2, 0) is 10.2 Å². The van der Waals surface area contributed by atoms with Crippen LogP contribution in [0.2, 0.25) is 0 Å². The van der Waals surface area contributed by atoms with Crippen molar-refractivity contribution in [3.05, 3.63) is 54.1 Å². The normalized spacial score (nSPS) is 11.1. The molecule has 2 aromatic rings. The molecule has 4 heteroatoms. The molecule has 0 atom stereocenters. The first-order valence-electron chi connectivity index (χ1n) is 7.56. The van der Waals surface area contributed by atoms with E-state index >= 15 is 0 Å². The zero-order valence-corrected chi connectivity index (χ0v) is 14.9. The van der Waals surface area contributed by atoms with Crippen LogP contribution in [-0.4, -0.2) is 18.8 Å². The van der Waals surface area contributed by atoms with Gasteiger partial charge in [0.05, 0.1) is 18.6 Å². The fourth-order valence-corrected chi connectivity index (χ4v) is 2.84. The first-order valence-corrected chi connectivity index (χ1v) is 8.55. The number of carbonyl (C=O) groups excluding carboxylic acids is 1. The van der Waals surface area contributed by atoms with Crippen molar-refractivity contribution >= 4 is 23.4 Å². The van der Waals surface area contributed by atoms with Crippen molar-refractivity contribution in [2.24, 2.45) is 0 Å². The second kappa shape index (κ2) is 7.55. The van der Waals surface area contributed by atoms with Gasteiger partial charge in [0.15, 0.2) is 0 Å². The highest BCUT2D eigenvalue weighted by molar-refractivity contribution is 8.00. The van der Waals surface area contributed by atoms with Crippen LogP contribution in [0.15, 0.2) is 53.4 Å². The smallest absolute Gasteiger partial charge is 0.234 e. The zero-order chi connectivity index (χ0) is 16.9. The van der Waals surface area contributed by atoms with Crippen LogP contribution < -0.4 is 10.1 Å². The van der Waals surface area contributed by atoms with E-state index < -0.39 is 0 Å². The molecule has 122 valence electrons. The molecule has 0 fully saturated rings. The second-order valence-corrected chi connectivity index (χ2v) is 7.36. The third kappa shape index (κ3) is 5.03. The number of ether oxygens (including phenoxy) is 1. The van der Waals surface area contributed by atoms with Gasteiger partial charge in [-0.3, -0.25) is 4.79 Å². The molecule has 1 amide bonds. The predicted octanol–water partition coefficient (Wildman–Crippen LogP) is 4.72. The van der Waals surface area contributed by atoms with E-state index in [-0.39, 0.29) is 11.3 Å². The Labute approximate surface area is 142 Å². The number of thioether (sulfide) groups is 1. The Balaban J connectivity index is 2.07. The van der Waals surface area contributed by atoms with E-state index in [1.807, 2.05) is 48.5 Å². The Bertz CT molecular complexity index is 663. The van der Waals surface area contributed by atoms with Gasteiger partial charge < -0.3 is 10.1 Å². The molecule has 2 rings (SSSR count). The minimum atomic E-state index is -0.0387. The molecule has 23 heavy (non-hydrogen) atoms. The number of hydrogen-bond acceptors (Lipinski definition) is 3. The molecule has 0 aromatic heterocycles. The van der Waals surface area contributed by atoms with Crippen molar-refractivity contribution in [3.8, 4) is 5.75 Å². The van der Waals surface area contributed by atoms with Gasteiger partial charge in [-0.2, -0.15) is 0 Å². The van der Waals surface area contributed by atoms with Gasteiger partial charge >= 0.3 is 0 Å². The highest BCUT2D eigenvalue weighted by Gasteiger charge is 2.17. The molecule has 0 aliphatic carbocycles. The lowest BCUT2D eigenvalue weighted by molar-refractivity contribution is -0.113. The summed E-state index contributed by atoms with van der Waals surface area (Å²) in [5.74, 6) is 1.01. The van der Waals surface area contributed by atoms with E-state index in [1.165, 1.54) is 11.8 Å². The van der Waals surface area contributed by atoms with Gasteiger partial charge in [0.25, 0.3) is 0 Å². The number of hydrogen-bond donors (Lipinski definition) is 1. The average Bonchev–Trinajstić information content (AvgIpc) is 2.53. The van der Waals surface area contributed by atoms with Crippen LogP contribution in [0.5, 0.6) is 5.75 Å². The van der Waals surface area contributed by atoms with Gasteiger partial charge in [-0.05, 0) is 35.2 Å². The van der Waals surface area contributed by atoms with Crippen LogP contribution in [0.25, 0.3) is 0 Å². The maximum absolute atomic E-state index is 12.2. The Kier molecular flexibility index (Phi) is 5.72. The summed E-state index contributed by atoms with van der Waals surface area (Å²) < 4.78 is 5.36. The first kappa shape index (κ1) is 17.4. The maximum Gasteiger partial charge on any atom is 0.234 e. The summed E-state index contributed by atoms with van der Waals surface area (Å²) in [4.78, 5) is 13.3. The third-order valence-corrected chi connectivity index (χ3v) is 4.46.